The van der Waals surface area contributed by atoms with Gasteiger partial charge in [0.1, 0.15) is 12.4 Å². The Morgan fingerprint density at radius 1 is 1.30 bits per heavy atom. The third-order valence-electron chi connectivity index (χ3n) is 7.74. The molecule has 1 aromatic carbocycles. The van der Waals surface area contributed by atoms with Gasteiger partial charge in [0.25, 0.3) is 5.56 Å². The van der Waals surface area contributed by atoms with Gasteiger partial charge in [-0.05, 0) is 48.9 Å². The monoisotopic (exact) mass is 449 g/mol. The summed E-state index contributed by atoms with van der Waals surface area (Å²) < 4.78 is 27.4. The second-order valence-electron chi connectivity index (χ2n) is 9.13. The Kier molecular flexibility index (Phi) is 4.17. The molecule has 170 valence electrons. The lowest BCUT2D eigenvalue weighted by Crippen LogP contribution is -2.45. The molecule has 2 aliphatic heterocycles. The van der Waals surface area contributed by atoms with Crippen molar-refractivity contribution in [3.8, 4) is 11.4 Å². The van der Waals surface area contributed by atoms with E-state index < -0.39 is 11.6 Å². The highest BCUT2D eigenvalue weighted by atomic mass is 19.1. The number of hydrogen-bond donors (Lipinski definition) is 1. The Balaban J connectivity index is 1.70. The van der Waals surface area contributed by atoms with E-state index in [0.29, 0.717) is 59.4 Å². The molecule has 4 heterocycles. The Labute approximate surface area is 189 Å². The number of hydrogen-bond acceptors (Lipinski definition) is 6. The van der Waals surface area contributed by atoms with Crippen LogP contribution in [0.4, 0.5) is 4.39 Å². The lowest BCUT2D eigenvalue weighted by Gasteiger charge is -2.35. The molecule has 0 fully saturated rings. The van der Waals surface area contributed by atoms with E-state index >= 15 is 0 Å². The zero-order valence-electron chi connectivity index (χ0n) is 18.8. The molecule has 2 aromatic heterocycles. The molecule has 33 heavy (non-hydrogen) atoms. The normalized spacial score (nSPS) is 22.7. The number of carbonyl (C=O) groups excluding carboxylic acids is 1. The third-order valence-corrected chi connectivity index (χ3v) is 7.74. The molecule has 0 amide bonds. The van der Waals surface area contributed by atoms with Gasteiger partial charge in [-0.15, -0.1) is 0 Å². The van der Waals surface area contributed by atoms with Crippen LogP contribution in [-0.2, 0) is 39.4 Å². The van der Waals surface area contributed by atoms with Crippen molar-refractivity contribution in [3.05, 3.63) is 61.7 Å². The van der Waals surface area contributed by atoms with Gasteiger partial charge in [0.05, 0.1) is 29.0 Å². The molecule has 2 atom stereocenters. The number of ether oxygens (including phenoxy) is 2. The SMILES string of the molecule is CCC1(OC)C(=O)OCc2c1cc1n(c2=O)Cc2c-1nc1cc(F)c(C)c3c1c2C(N)CC3. The van der Waals surface area contributed by atoms with E-state index in [-0.39, 0.29) is 24.0 Å². The maximum absolute atomic E-state index is 14.7. The average Bonchev–Trinajstić information content (AvgIpc) is 3.17. The number of aryl methyl sites for hydroxylation is 1. The van der Waals surface area contributed by atoms with Crippen LogP contribution in [0, 0.1) is 12.7 Å². The van der Waals surface area contributed by atoms with Crippen LogP contribution in [0.3, 0.4) is 0 Å². The second kappa shape index (κ2) is 6.71. The minimum Gasteiger partial charge on any atom is -0.458 e. The first-order valence-corrected chi connectivity index (χ1v) is 11.2. The van der Waals surface area contributed by atoms with Crippen molar-refractivity contribution in [2.75, 3.05) is 7.11 Å². The quantitative estimate of drug-likeness (QED) is 0.473. The maximum atomic E-state index is 14.7. The van der Waals surface area contributed by atoms with Crippen molar-refractivity contribution < 1.29 is 18.7 Å². The summed E-state index contributed by atoms with van der Waals surface area (Å²) in [6, 6.07) is 3.05. The number of methoxy groups -OCH3 is 1. The molecule has 0 bridgehead atoms. The summed E-state index contributed by atoms with van der Waals surface area (Å²) in [5.74, 6) is -0.798. The minimum atomic E-state index is -1.34. The number of aromatic nitrogens is 2. The van der Waals surface area contributed by atoms with Gasteiger partial charge in [0, 0.05) is 35.7 Å². The molecule has 0 saturated carbocycles. The topological polar surface area (TPSA) is 96.4 Å². The Morgan fingerprint density at radius 2 is 2.09 bits per heavy atom. The summed E-state index contributed by atoms with van der Waals surface area (Å²) >= 11 is 0. The molecule has 2 N–H and O–H groups in total. The first-order valence-electron chi connectivity index (χ1n) is 11.2. The van der Waals surface area contributed by atoms with Crippen LogP contribution < -0.4 is 11.3 Å². The molecule has 1 aliphatic carbocycles. The molecule has 0 spiro atoms. The fourth-order valence-corrected chi connectivity index (χ4v) is 5.92. The largest absolute Gasteiger partial charge is 0.458 e. The molecule has 0 saturated heterocycles. The first-order chi connectivity index (χ1) is 15.8. The number of cyclic esters (lactones) is 1. The molecule has 2 unspecified atom stereocenters. The van der Waals surface area contributed by atoms with Gasteiger partial charge in [-0.2, -0.15) is 0 Å². The summed E-state index contributed by atoms with van der Waals surface area (Å²) in [5.41, 5.74) is 11.1. The van der Waals surface area contributed by atoms with Gasteiger partial charge in [0.15, 0.2) is 5.60 Å². The number of pyridine rings is 2. The van der Waals surface area contributed by atoms with Crippen molar-refractivity contribution in [3.63, 3.8) is 0 Å². The van der Waals surface area contributed by atoms with Crippen molar-refractivity contribution in [2.45, 2.75) is 57.9 Å². The zero-order valence-corrected chi connectivity index (χ0v) is 18.8. The zero-order chi connectivity index (χ0) is 23.2. The van der Waals surface area contributed by atoms with Crippen molar-refractivity contribution in [1.82, 2.24) is 9.55 Å². The predicted octanol–water partition coefficient (Wildman–Crippen LogP) is 3.13. The molecule has 6 rings (SSSR count). The van der Waals surface area contributed by atoms with E-state index in [1.165, 1.54) is 13.2 Å². The average molecular weight is 449 g/mol. The second-order valence-corrected chi connectivity index (χ2v) is 9.13. The number of rotatable bonds is 2. The summed E-state index contributed by atoms with van der Waals surface area (Å²) in [4.78, 5) is 31.1. The number of nitrogens with two attached hydrogens (primary N) is 1. The van der Waals surface area contributed by atoms with E-state index in [9.17, 15) is 14.0 Å². The number of carbonyl (C=O) groups is 1. The number of nitrogens with zero attached hydrogens (tertiary/aromatic N) is 2. The minimum absolute atomic E-state index is 0.0922. The molecular weight excluding hydrogens is 425 g/mol. The molecule has 3 aliphatic rings. The van der Waals surface area contributed by atoms with E-state index in [4.69, 9.17) is 20.2 Å². The highest BCUT2D eigenvalue weighted by molar-refractivity contribution is 5.93. The predicted molar refractivity (Wildman–Crippen MR) is 119 cm³/mol. The Bertz CT molecular complexity index is 1450. The van der Waals surface area contributed by atoms with Gasteiger partial charge >= 0.3 is 5.97 Å². The van der Waals surface area contributed by atoms with E-state index in [0.717, 1.165) is 22.1 Å². The standard InChI is InChI=1S/C25H24FN3O4/c1-4-25(32-3)15-7-19-22-13(9-29(19)23(30)14(15)10-33-24(25)31)20-17(27)6-5-12-11(2)16(26)8-18(28-22)21(12)20/h7-8,17H,4-6,9-10,27H2,1-3H3. The van der Waals surface area contributed by atoms with E-state index in [2.05, 4.69) is 0 Å². The van der Waals surface area contributed by atoms with Crippen LogP contribution in [0.15, 0.2) is 16.9 Å². The van der Waals surface area contributed by atoms with Crippen LogP contribution in [0.2, 0.25) is 0 Å². The van der Waals surface area contributed by atoms with Crippen LogP contribution in [-0.4, -0.2) is 22.6 Å². The highest BCUT2D eigenvalue weighted by Gasteiger charge is 2.47. The molecule has 0 radical (unpaired) electrons. The number of fused-ring (bicyclic) bond motifs is 5. The van der Waals surface area contributed by atoms with Gasteiger partial charge < -0.3 is 19.8 Å². The fourth-order valence-electron chi connectivity index (χ4n) is 5.92. The van der Waals surface area contributed by atoms with Gasteiger partial charge in [-0.3, -0.25) is 4.79 Å². The van der Waals surface area contributed by atoms with Crippen LogP contribution in [0.25, 0.3) is 22.3 Å². The van der Waals surface area contributed by atoms with Crippen molar-refractivity contribution in [2.24, 2.45) is 5.73 Å². The lowest BCUT2D eigenvalue weighted by molar-refractivity contribution is -0.176. The van der Waals surface area contributed by atoms with Crippen molar-refractivity contribution >= 4 is 16.9 Å². The third kappa shape index (κ3) is 2.42. The number of halogens is 1. The molecule has 3 aromatic rings. The first kappa shape index (κ1) is 20.5. The summed E-state index contributed by atoms with van der Waals surface area (Å²) in [6.45, 7) is 3.85. The molecule has 8 heteroatoms. The van der Waals surface area contributed by atoms with Gasteiger partial charge in [-0.25, -0.2) is 14.2 Å². The summed E-state index contributed by atoms with van der Waals surface area (Å²) in [5, 5.41) is 0.912. The lowest BCUT2D eigenvalue weighted by atomic mass is 9.82. The summed E-state index contributed by atoms with van der Waals surface area (Å²) in [7, 11) is 1.44. The maximum Gasteiger partial charge on any atom is 0.343 e. The van der Waals surface area contributed by atoms with Crippen molar-refractivity contribution in [1.29, 1.82) is 0 Å². The smallest absolute Gasteiger partial charge is 0.343 e. The molecule has 7 nitrogen and oxygen atoms in total. The van der Waals surface area contributed by atoms with Crippen LogP contribution in [0.5, 0.6) is 0 Å². The highest BCUT2D eigenvalue weighted by Crippen LogP contribution is 2.45. The Hall–Kier alpha value is -3.10. The van der Waals surface area contributed by atoms with E-state index in [1.807, 2.05) is 13.0 Å². The summed E-state index contributed by atoms with van der Waals surface area (Å²) in [6.07, 6.45) is 1.72. The Morgan fingerprint density at radius 3 is 2.82 bits per heavy atom. The number of benzene rings is 1. The van der Waals surface area contributed by atoms with Crippen LogP contribution >= 0.6 is 0 Å². The number of esters is 1. The van der Waals surface area contributed by atoms with Gasteiger partial charge in [0.2, 0.25) is 0 Å². The molecular formula is C25H24FN3O4. The van der Waals surface area contributed by atoms with Gasteiger partial charge in [-0.1, -0.05) is 6.92 Å². The fraction of sp³-hybridized carbons (Fsp3) is 0.400. The van der Waals surface area contributed by atoms with E-state index in [1.54, 1.807) is 11.5 Å². The van der Waals surface area contributed by atoms with Crippen LogP contribution in [0.1, 0.15) is 59.2 Å².